The van der Waals surface area contributed by atoms with Gasteiger partial charge in [0, 0.05) is 12.1 Å². The van der Waals surface area contributed by atoms with Crippen molar-refractivity contribution in [1.82, 2.24) is 4.98 Å². The second-order valence-electron chi connectivity index (χ2n) is 3.99. The fourth-order valence-corrected chi connectivity index (χ4v) is 1.70. The number of carbonyl (C=O) groups is 1. The molecule has 1 aromatic rings. The summed E-state index contributed by atoms with van der Waals surface area (Å²) in [4.78, 5) is 24.5. The molecule has 0 aliphatic rings. The highest BCUT2D eigenvalue weighted by Crippen LogP contribution is 2.14. The minimum atomic E-state index is -0.795. The van der Waals surface area contributed by atoms with Crippen molar-refractivity contribution in [3.05, 3.63) is 34.0 Å². The van der Waals surface area contributed by atoms with Gasteiger partial charge < -0.3 is 4.98 Å². The van der Waals surface area contributed by atoms with E-state index in [-0.39, 0.29) is 11.7 Å². The van der Waals surface area contributed by atoms with Gasteiger partial charge in [-0.25, -0.2) is 4.39 Å². The molecule has 3 nitrogen and oxygen atoms in total. The first-order valence-corrected chi connectivity index (χ1v) is 5.42. The molecule has 1 heterocycles. The molecule has 0 fully saturated rings. The zero-order chi connectivity index (χ0) is 12.1. The molecule has 1 unspecified atom stereocenters. The van der Waals surface area contributed by atoms with Crippen LogP contribution in [0.1, 0.15) is 32.3 Å². The van der Waals surface area contributed by atoms with Crippen LogP contribution < -0.4 is 5.56 Å². The number of ketones is 1. The first-order valence-electron chi connectivity index (χ1n) is 5.42. The van der Waals surface area contributed by atoms with E-state index in [0.717, 1.165) is 12.8 Å². The molecule has 0 spiro atoms. The van der Waals surface area contributed by atoms with E-state index in [9.17, 15) is 14.0 Å². The zero-order valence-electron chi connectivity index (χ0n) is 9.55. The Morgan fingerprint density at radius 1 is 1.56 bits per heavy atom. The van der Waals surface area contributed by atoms with Crippen molar-refractivity contribution in [2.45, 2.75) is 33.1 Å². The number of aromatic amines is 1. The lowest BCUT2D eigenvalue weighted by molar-refractivity contribution is -0.120. The van der Waals surface area contributed by atoms with Crippen LogP contribution in [0.5, 0.6) is 0 Å². The number of hydrogen-bond donors (Lipinski definition) is 1. The molecule has 1 N–H and O–H groups in total. The summed E-state index contributed by atoms with van der Waals surface area (Å²) in [6, 6.07) is 1.20. The zero-order valence-corrected chi connectivity index (χ0v) is 9.55. The summed E-state index contributed by atoms with van der Waals surface area (Å²) in [5.41, 5.74) is -0.0654. The van der Waals surface area contributed by atoms with E-state index in [1.54, 1.807) is 6.92 Å². The molecule has 0 saturated carbocycles. The lowest BCUT2D eigenvalue weighted by Gasteiger charge is -2.12. The molecule has 0 radical (unpaired) electrons. The number of aromatic nitrogens is 1. The summed E-state index contributed by atoms with van der Waals surface area (Å²) in [7, 11) is 0. The lowest BCUT2D eigenvalue weighted by Crippen LogP contribution is -2.16. The Kier molecular flexibility index (Phi) is 4.40. The highest BCUT2D eigenvalue weighted by Gasteiger charge is 2.14. The van der Waals surface area contributed by atoms with Gasteiger partial charge in [-0.2, -0.15) is 0 Å². The Labute approximate surface area is 93.7 Å². The molecule has 88 valence electrons. The van der Waals surface area contributed by atoms with Crippen molar-refractivity contribution < 1.29 is 9.18 Å². The molecule has 0 aromatic carbocycles. The molecule has 0 aliphatic heterocycles. The van der Waals surface area contributed by atoms with Crippen molar-refractivity contribution in [3.63, 3.8) is 0 Å². The van der Waals surface area contributed by atoms with E-state index < -0.39 is 11.4 Å². The van der Waals surface area contributed by atoms with Crippen LogP contribution in [0.4, 0.5) is 4.39 Å². The number of nitrogens with one attached hydrogen (secondary N) is 1. The lowest BCUT2D eigenvalue weighted by atomic mass is 9.92. The third-order valence-corrected chi connectivity index (χ3v) is 2.61. The van der Waals surface area contributed by atoms with Crippen LogP contribution in [0.15, 0.2) is 17.1 Å². The topological polar surface area (TPSA) is 49.9 Å². The summed E-state index contributed by atoms with van der Waals surface area (Å²) in [5.74, 6) is -0.778. The van der Waals surface area contributed by atoms with E-state index in [4.69, 9.17) is 0 Å². The van der Waals surface area contributed by atoms with E-state index in [2.05, 4.69) is 4.98 Å². The molecule has 0 aliphatic carbocycles. The monoisotopic (exact) mass is 225 g/mol. The Morgan fingerprint density at radius 2 is 2.25 bits per heavy atom. The number of halogens is 1. The maximum Gasteiger partial charge on any atom is 0.283 e. The van der Waals surface area contributed by atoms with Crippen LogP contribution >= 0.6 is 0 Å². The van der Waals surface area contributed by atoms with Crippen molar-refractivity contribution >= 4 is 5.78 Å². The summed E-state index contributed by atoms with van der Waals surface area (Å²) in [6.07, 6.45) is 3.65. The molecule has 1 atom stereocenters. The Balaban J connectivity index is 2.81. The maximum atomic E-state index is 13.0. The second kappa shape index (κ2) is 5.58. The van der Waals surface area contributed by atoms with Crippen LogP contribution in [0.3, 0.4) is 0 Å². The first kappa shape index (κ1) is 12.6. The molecule has 1 aromatic heterocycles. The van der Waals surface area contributed by atoms with Gasteiger partial charge >= 0.3 is 0 Å². The van der Waals surface area contributed by atoms with E-state index in [0.29, 0.717) is 12.0 Å². The van der Waals surface area contributed by atoms with Crippen molar-refractivity contribution in [1.29, 1.82) is 0 Å². The van der Waals surface area contributed by atoms with Gasteiger partial charge in [0.25, 0.3) is 5.56 Å². The second-order valence-corrected chi connectivity index (χ2v) is 3.99. The number of Topliss-reactive ketones (excluding diaryl/α,β-unsaturated/α-hetero) is 1. The highest BCUT2D eigenvalue weighted by atomic mass is 19.1. The Hall–Kier alpha value is -1.45. The largest absolute Gasteiger partial charge is 0.326 e. The van der Waals surface area contributed by atoms with Crippen LogP contribution in [-0.4, -0.2) is 10.8 Å². The predicted octanol–water partition coefficient (Wildman–Crippen LogP) is 2.06. The van der Waals surface area contributed by atoms with E-state index >= 15 is 0 Å². The minimum Gasteiger partial charge on any atom is -0.326 e. The van der Waals surface area contributed by atoms with Crippen LogP contribution in [-0.2, 0) is 11.2 Å². The predicted molar refractivity (Wildman–Crippen MR) is 59.8 cm³/mol. The van der Waals surface area contributed by atoms with Gasteiger partial charge in [-0.3, -0.25) is 9.59 Å². The summed E-state index contributed by atoms with van der Waals surface area (Å²) in [5, 5.41) is 0. The minimum absolute atomic E-state index is 0.0877. The number of hydrogen-bond acceptors (Lipinski definition) is 2. The first-order chi connectivity index (χ1) is 7.54. The van der Waals surface area contributed by atoms with Gasteiger partial charge in [-0.1, -0.05) is 13.3 Å². The fourth-order valence-electron chi connectivity index (χ4n) is 1.70. The van der Waals surface area contributed by atoms with Crippen LogP contribution in [0.25, 0.3) is 0 Å². The SMILES string of the molecule is CCCC(Cc1c[nH]c(=O)c(F)c1)C(C)=O. The van der Waals surface area contributed by atoms with E-state index in [1.807, 2.05) is 6.92 Å². The molecular formula is C12H16FNO2. The van der Waals surface area contributed by atoms with Gasteiger partial charge in [-0.15, -0.1) is 0 Å². The Morgan fingerprint density at radius 3 is 2.75 bits per heavy atom. The van der Waals surface area contributed by atoms with Crippen LogP contribution in [0.2, 0.25) is 0 Å². The van der Waals surface area contributed by atoms with Gasteiger partial charge in [0.2, 0.25) is 0 Å². The number of H-pyrrole nitrogens is 1. The maximum absolute atomic E-state index is 13.0. The standard InChI is InChI=1S/C12H16FNO2/c1-3-4-10(8(2)15)5-9-6-11(13)12(16)14-7-9/h6-7,10H,3-5H2,1-2H3,(H,14,16). The summed E-state index contributed by atoms with van der Waals surface area (Å²) >= 11 is 0. The number of rotatable bonds is 5. The van der Waals surface area contributed by atoms with Crippen LogP contribution in [0, 0.1) is 11.7 Å². The highest BCUT2D eigenvalue weighted by molar-refractivity contribution is 5.78. The van der Waals surface area contributed by atoms with Gasteiger partial charge in [-0.05, 0) is 31.4 Å². The quantitative estimate of drug-likeness (QED) is 0.833. The average molecular weight is 225 g/mol. The van der Waals surface area contributed by atoms with Crippen molar-refractivity contribution in [2.75, 3.05) is 0 Å². The van der Waals surface area contributed by atoms with E-state index in [1.165, 1.54) is 12.3 Å². The normalized spacial score (nSPS) is 12.4. The fraction of sp³-hybridized carbons (Fsp3) is 0.500. The summed E-state index contributed by atoms with van der Waals surface area (Å²) < 4.78 is 13.0. The molecule has 1 rings (SSSR count). The van der Waals surface area contributed by atoms with Crippen molar-refractivity contribution in [3.8, 4) is 0 Å². The Bertz CT molecular complexity index is 425. The molecule has 0 bridgehead atoms. The molecule has 16 heavy (non-hydrogen) atoms. The summed E-state index contributed by atoms with van der Waals surface area (Å²) in [6.45, 7) is 3.55. The molecule has 4 heteroatoms. The third kappa shape index (κ3) is 3.29. The average Bonchev–Trinajstić information content (AvgIpc) is 2.22. The molecular weight excluding hydrogens is 209 g/mol. The van der Waals surface area contributed by atoms with Crippen molar-refractivity contribution in [2.24, 2.45) is 5.92 Å². The number of pyridine rings is 1. The number of carbonyl (C=O) groups excluding carboxylic acids is 1. The van der Waals surface area contributed by atoms with Gasteiger partial charge in [0.1, 0.15) is 5.78 Å². The molecule has 0 saturated heterocycles. The smallest absolute Gasteiger partial charge is 0.283 e. The molecule has 0 amide bonds. The van der Waals surface area contributed by atoms with Gasteiger partial charge in [0.15, 0.2) is 5.82 Å². The third-order valence-electron chi connectivity index (χ3n) is 2.61. The van der Waals surface area contributed by atoms with Gasteiger partial charge in [0.05, 0.1) is 0 Å².